The van der Waals surface area contributed by atoms with Crippen molar-refractivity contribution in [3.8, 4) is 16.9 Å². The number of rotatable bonds is 7. The van der Waals surface area contributed by atoms with Crippen molar-refractivity contribution in [2.75, 3.05) is 10.6 Å². The van der Waals surface area contributed by atoms with Crippen molar-refractivity contribution in [2.45, 2.75) is 51.1 Å². The van der Waals surface area contributed by atoms with Gasteiger partial charge in [-0.1, -0.05) is 43.0 Å². The molecule has 1 fully saturated rings. The van der Waals surface area contributed by atoms with Gasteiger partial charge in [-0.15, -0.1) is 13.2 Å². The smallest absolute Gasteiger partial charge is 0.406 e. The molecule has 3 aromatic rings. The molecule has 0 amide bonds. The first-order valence-corrected chi connectivity index (χ1v) is 11.2. The van der Waals surface area contributed by atoms with Crippen LogP contribution in [0.1, 0.15) is 37.7 Å². The Kier molecular flexibility index (Phi) is 7.23. The van der Waals surface area contributed by atoms with Crippen LogP contribution in [0.15, 0.2) is 54.9 Å². The molecular weight excluding hydrogens is 453 g/mol. The van der Waals surface area contributed by atoms with E-state index in [9.17, 15) is 13.2 Å². The summed E-state index contributed by atoms with van der Waals surface area (Å²) in [6, 6.07) is 11.9. The fourth-order valence-corrected chi connectivity index (χ4v) is 4.15. The van der Waals surface area contributed by atoms with Crippen molar-refractivity contribution >= 4 is 23.2 Å². The fourth-order valence-electron chi connectivity index (χ4n) is 3.93. The highest BCUT2D eigenvalue weighted by Crippen LogP contribution is 2.31. The van der Waals surface area contributed by atoms with Gasteiger partial charge in [0.25, 0.3) is 0 Å². The highest BCUT2D eigenvalue weighted by molar-refractivity contribution is 6.33. The minimum absolute atomic E-state index is 0.259. The Morgan fingerprint density at radius 2 is 1.82 bits per heavy atom. The Hall–Kier alpha value is -3.00. The van der Waals surface area contributed by atoms with Crippen molar-refractivity contribution in [2.24, 2.45) is 0 Å². The largest absolute Gasteiger partial charge is 0.573 e. The third kappa shape index (κ3) is 6.74. The average molecular weight is 477 g/mol. The van der Waals surface area contributed by atoms with Crippen LogP contribution in [0.3, 0.4) is 0 Å². The van der Waals surface area contributed by atoms with Crippen LogP contribution >= 0.6 is 11.6 Å². The Labute approximate surface area is 195 Å². The maximum Gasteiger partial charge on any atom is 0.573 e. The normalized spacial score (nSPS) is 14.7. The molecule has 2 N–H and O–H groups in total. The number of hydrogen-bond acceptors (Lipinski definition) is 5. The number of alkyl halides is 3. The highest BCUT2D eigenvalue weighted by Gasteiger charge is 2.31. The standard InChI is InChI=1S/C24H24ClF3N4O/c25-21-15-31-23(32-18-6-2-1-3-7-18)13-20(21)17-9-10-29-22(12-17)30-14-16-5-4-8-19(11-16)33-24(26,27)28/h4-5,8-13,15,18H,1-3,6-7,14H2,(H,29,30)(H,31,32). The quantitative estimate of drug-likeness (QED) is 0.382. The van der Waals surface area contributed by atoms with Gasteiger partial charge < -0.3 is 15.4 Å². The summed E-state index contributed by atoms with van der Waals surface area (Å²) in [5.74, 6) is 1.10. The number of ether oxygens (including phenoxy) is 1. The molecule has 1 aliphatic carbocycles. The SMILES string of the molecule is FC(F)(F)Oc1cccc(CNc2cc(-c3cc(NC4CCCCC4)ncc3Cl)ccn2)c1. The predicted molar refractivity (Wildman–Crippen MR) is 123 cm³/mol. The van der Waals surface area contributed by atoms with Crippen molar-refractivity contribution in [1.29, 1.82) is 0 Å². The second-order valence-electron chi connectivity index (χ2n) is 8.01. The van der Waals surface area contributed by atoms with Crippen LogP contribution < -0.4 is 15.4 Å². The summed E-state index contributed by atoms with van der Waals surface area (Å²) < 4.78 is 41.3. The van der Waals surface area contributed by atoms with Crippen LogP contribution in [0.2, 0.25) is 5.02 Å². The molecule has 1 aromatic carbocycles. The van der Waals surface area contributed by atoms with Crippen molar-refractivity contribution < 1.29 is 17.9 Å². The molecule has 0 bridgehead atoms. The van der Waals surface area contributed by atoms with Crippen LogP contribution in [0.5, 0.6) is 5.75 Å². The van der Waals surface area contributed by atoms with Gasteiger partial charge in [-0.05, 0) is 54.3 Å². The number of hydrogen-bond donors (Lipinski definition) is 2. The Morgan fingerprint density at radius 1 is 1.00 bits per heavy atom. The summed E-state index contributed by atoms with van der Waals surface area (Å²) in [5, 5.41) is 7.17. The van der Waals surface area contributed by atoms with Crippen LogP contribution in [0.4, 0.5) is 24.8 Å². The van der Waals surface area contributed by atoms with E-state index in [-0.39, 0.29) is 12.3 Å². The molecule has 0 radical (unpaired) electrons. The summed E-state index contributed by atoms with van der Waals surface area (Å²) in [7, 11) is 0. The number of anilines is 2. The lowest BCUT2D eigenvalue weighted by molar-refractivity contribution is -0.274. The molecule has 1 saturated carbocycles. The van der Waals surface area contributed by atoms with Gasteiger partial charge in [-0.3, -0.25) is 0 Å². The minimum atomic E-state index is -4.73. The molecule has 0 atom stereocenters. The Balaban J connectivity index is 1.46. The third-order valence-electron chi connectivity index (χ3n) is 5.49. The molecule has 0 spiro atoms. The lowest BCUT2D eigenvalue weighted by Crippen LogP contribution is -2.22. The molecule has 0 unspecified atom stereocenters. The zero-order chi connectivity index (χ0) is 23.3. The monoisotopic (exact) mass is 476 g/mol. The van der Waals surface area contributed by atoms with Gasteiger partial charge in [0, 0.05) is 30.5 Å². The van der Waals surface area contributed by atoms with E-state index in [1.807, 2.05) is 18.2 Å². The first-order valence-electron chi connectivity index (χ1n) is 10.8. The van der Waals surface area contributed by atoms with Gasteiger partial charge in [0.1, 0.15) is 17.4 Å². The van der Waals surface area contributed by atoms with E-state index in [1.54, 1.807) is 18.5 Å². The topological polar surface area (TPSA) is 59.1 Å². The molecule has 0 aliphatic heterocycles. The van der Waals surface area contributed by atoms with Crippen LogP contribution in [0.25, 0.3) is 11.1 Å². The molecule has 0 saturated heterocycles. The summed E-state index contributed by atoms with van der Waals surface area (Å²) in [5.41, 5.74) is 2.32. The summed E-state index contributed by atoms with van der Waals surface area (Å²) in [4.78, 5) is 8.74. The second-order valence-corrected chi connectivity index (χ2v) is 8.41. The van der Waals surface area contributed by atoms with E-state index in [4.69, 9.17) is 11.6 Å². The maximum atomic E-state index is 12.5. The number of pyridine rings is 2. The number of nitrogens with one attached hydrogen (secondary N) is 2. The first-order chi connectivity index (χ1) is 15.9. The molecule has 2 aromatic heterocycles. The fraction of sp³-hybridized carbons (Fsp3) is 0.333. The first kappa shape index (κ1) is 23.2. The van der Waals surface area contributed by atoms with Crippen LogP contribution in [-0.4, -0.2) is 22.4 Å². The lowest BCUT2D eigenvalue weighted by Gasteiger charge is -2.23. The van der Waals surface area contributed by atoms with E-state index in [1.165, 1.54) is 37.5 Å². The Morgan fingerprint density at radius 3 is 2.61 bits per heavy atom. The number of halogens is 4. The van der Waals surface area contributed by atoms with Crippen molar-refractivity contribution in [3.05, 3.63) is 65.4 Å². The zero-order valence-electron chi connectivity index (χ0n) is 17.8. The van der Waals surface area contributed by atoms with E-state index in [2.05, 4.69) is 25.3 Å². The Bertz CT molecular complexity index is 1090. The van der Waals surface area contributed by atoms with E-state index in [0.29, 0.717) is 22.4 Å². The van der Waals surface area contributed by atoms with E-state index in [0.717, 1.165) is 29.8 Å². The lowest BCUT2D eigenvalue weighted by atomic mass is 9.95. The third-order valence-corrected chi connectivity index (χ3v) is 5.79. The van der Waals surface area contributed by atoms with Crippen LogP contribution in [-0.2, 0) is 6.54 Å². The van der Waals surface area contributed by atoms with Crippen molar-refractivity contribution in [1.82, 2.24) is 9.97 Å². The average Bonchev–Trinajstić information content (AvgIpc) is 2.79. The highest BCUT2D eigenvalue weighted by atomic mass is 35.5. The van der Waals surface area contributed by atoms with Gasteiger partial charge in [-0.25, -0.2) is 9.97 Å². The van der Waals surface area contributed by atoms with E-state index < -0.39 is 6.36 Å². The van der Waals surface area contributed by atoms with Gasteiger partial charge >= 0.3 is 6.36 Å². The summed E-state index contributed by atoms with van der Waals surface area (Å²) >= 11 is 6.43. The zero-order valence-corrected chi connectivity index (χ0v) is 18.6. The number of nitrogens with zero attached hydrogens (tertiary/aromatic N) is 2. The van der Waals surface area contributed by atoms with Gasteiger partial charge in [-0.2, -0.15) is 0 Å². The van der Waals surface area contributed by atoms with Crippen molar-refractivity contribution in [3.63, 3.8) is 0 Å². The molecular formula is C24H24ClF3N4O. The minimum Gasteiger partial charge on any atom is -0.406 e. The van der Waals surface area contributed by atoms with E-state index >= 15 is 0 Å². The number of benzene rings is 1. The van der Waals surface area contributed by atoms with Gasteiger partial charge in [0.05, 0.1) is 5.02 Å². The second kappa shape index (κ2) is 10.3. The number of aromatic nitrogens is 2. The molecule has 33 heavy (non-hydrogen) atoms. The summed E-state index contributed by atoms with van der Waals surface area (Å²) in [6.45, 7) is 0.282. The molecule has 4 rings (SSSR count). The molecule has 1 aliphatic rings. The molecule has 5 nitrogen and oxygen atoms in total. The predicted octanol–water partition coefficient (Wildman–Crippen LogP) is 7.05. The summed E-state index contributed by atoms with van der Waals surface area (Å²) in [6.07, 6.45) is 4.58. The van der Waals surface area contributed by atoms with Gasteiger partial charge in [0.15, 0.2) is 0 Å². The molecule has 174 valence electrons. The maximum absolute atomic E-state index is 12.5. The molecule has 2 heterocycles. The van der Waals surface area contributed by atoms with Gasteiger partial charge in [0.2, 0.25) is 0 Å². The molecule has 9 heteroatoms. The van der Waals surface area contributed by atoms with Crippen LogP contribution in [0, 0.1) is 0 Å².